The molecule has 0 aliphatic carbocycles. The second-order valence-corrected chi connectivity index (χ2v) is 5.32. The van der Waals surface area contributed by atoms with E-state index in [1.54, 1.807) is 14.0 Å². The Morgan fingerprint density at radius 2 is 2.14 bits per heavy atom. The Kier molecular flexibility index (Phi) is 3.93. The van der Waals surface area contributed by atoms with Gasteiger partial charge in [0.2, 0.25) is 5.91 Å². The minimum atomic E-state index is -1.19. The third kappa shape index (κ3) is 2.72. The molecule has 0 saturated carbocycles. The van der Waals surface area contributed by atoms with Crippen LogP contribution in [0.3, 0.4) is 0 Å². The lowest BCUT2D eigenvalue weighted by Crippen LogP contribution is -2.40. The van der Waals surface area contributed by atoms with E-state index in [0.29, 0.717) is 13.0 Å². The van der Waals surface area contributed by atoms with Crippen molar-refractivity contribution in [3.05, 3.63) is 29.6 Å². The van der Waals surface area contributed by atoms with Crippen molar-refractivity contribution in [3.63, 3.8) is 0 Å². The highest BCUT2D eigenvalue weighted by atomic mass is 16.4. The molecule has 0 bridgehead atoms. The van der Waals surface area contributed by atoms with Gasteiger partial charge in [0.05, 0.1) is 11.0 Å². The molecule has 1 atom stereocenters. The fraction of sp³-hybridized carbons (Fsp3) is 0.429. The van der Waals surface area contributed by atoms with E-state index in [2.05, 4.69) is 10.3 Å². The number of rotatable bonds is 3. The van der Waals surface area contributed by atoms with Gasteiger partial charge in [-0.15, -0.1) is 0 Å². The Hall–Kier alpha value is -2.44. The van der Waals surface area contributed by atoms with Gasteiger partial charge in [-0.25, -0.2) is 4.79 Å². The molecule has 0 spiro atoms. The number of nitrogens with one attached hydrogen (secondary N) is 1. The Morgan fingerprint density at radius 1 is 1.43 bits per heavy atom. The van der Waals surface area contributed by atoms with Crippen LogP contribution in [0.15, 0.2) is 18.3 Å². The molecule has 7 heteroatoms. The molecular formula is C14H17N3O4. The molecule has 1 fully saturated rings. The van der Waals surface area contributed by atoms with Crippen molar-refractivity contribution in [2.24, 2.45) is 5.41 Å². The normalized spacial score (nSPS) is 21.1. The Labute approximate surface area is 122 Å². The van der Waals surface area contributed by atoms with Crippen LogP contribution >= 0.6 is 0 Å². The predicted molar refractivity (Wildman–Crippen MR) is 73.9 cm³/mol. The molecule has 1 aromatic rings. The predicted octanol–water partition coefficient (Wildman–Crippen LogP) is 0.378. The molecule has 1 aliphatic rings. The molecule has 0 aromatic carbocycles. The summed E-state index contributed by atoms with van der Waals surface area (Å²) in [6.07, 6.45) is 1.92. The summed E-state index contributed by atoms with van der Waals surface area (Å²) < 4.78 is 0. The van der Waals surface area contributed by atoms with Gasteiger partial charge in [0, 0.05) is 26.3 Å². The van der Waals surface area contributed by atoms with Crippen LogP contribution < -0.4 is 5.32 Å². The number of likely N-dealkylation sites (tertiary alicyclic amines) is 1. The molecule has 1 aliphatic heterocycles. The molecule has 2 N–H and O–H groups in total. The summed E-state index contributed by atoms with van der Waals surface area (Å²) in [6.45, 7) is 2.44. The Balaban J connectivity index is 2.24. The van der Waals surface area contributed by atoms with Gasteiger partial charge in [-0.2, -0.15) is 0 Å². The minimum Gasteiger partial charge on any atom is -0.478 e. The Morgan fingerprint density at radius 3 is 2.76 bits per heavy atom. The van der Waals surface area contributed by atoms with Crippen LogP contribution in [0.5, 0.6) is 0 Å². The van der Waals surface area contributed by atoms with Gasteiger partial charge in [0.25, 0.3) is 5.91 Å². The first kappa shape index (κ1) is 15.0. The quantitative estimate of drug-likeness (QED) is 0.838. The second-order valence-electron chi connectivity index (χ2n) is 5.32. The summed E-state index contributed by atoms with van der Waals surface area (Å²) >= 11 is 0. The van der Waals surface area contributed by atoms with E-state index in [-0.39, 0.29) is 23.7 Å². The van der Waals surface area contributed by atoms with Crippen molar-refractivity contribution in [2.45, 2.75) is 13.3 Å². The minimum absolute atomic E-state index is 0.0915. The lowest BCUT2D eigenvalue weighted by Gasteiger charge is -2.22. The SMILES string of the molecule is CNC(=O)C1(C)CCN(C(=O)c2ncccc2C(=O)O)C1. The highest BCUT2D eigenvalue weighted by Crippen LogP contribution is 2.31. The molecule has 2 amide bonds. The number of aromatic nitrogens is 1. The number of pyridine rings is 1. The van der Waals surface area contributed by atoms with Crippen LogP contribution in [0.4, 0.5) is 0 Å². The maximum atomic E-state index is 12.4. The molecule has 7 nitrogen and oxygen atoms in total. The fourth-order valence-electron chi connectivity index (χ4n) is 2.52. The molecule has 21 heavy (non-hydrogen) atoms. The number of nitrogens with zero attached hydrogens (tertiary/aromatic N) is 2. The first-order valence-corrected chi connectivity index (χ1v) is 6.59. The third-order valence-electron chi connectivity index (χ3n) is 3.78. The van der Waals surface area contributed by atoms with E-state index in [9.17, 15) is 14.4 Å². The largest absolute Gasteiger partial charge is 0.478 e. The van der Waals surface area contributed by atoms with Crippen LogP contribution in [-0.2, 0) is 4.79 Å². The van der Waals surface area contributed by atoms with E-state index in [1.165, 1.54) is 23.2 Å². The smallest absolute Gasteiger partial charge is 0.338 e. The van der Waals surface area contributed by atoms with Crippen molar-refractivity contribution >= 4 is 17.8 Å². The molecular weight excluding hydrogens is 274 g/mol. The van der Waals surface area contributed by atoms with E-state index in [4.69, 9.17) is 5.11 Å². The maximum Gasteiger partial charge on any atom is 0.338 e. The molecule has 1 unspecified atom stereocenters. The van der Waals surface area contributed by atoms with Crippen LogP contribution in [0, 0.1) is 5.41 Å². The van der Waals surface area contributed by atoms with Gasteiger partial charge in [-0.1, -0.05) is 0 Å². The van der Waals surface area contributed by atoms with Crippen LogP contribution in [-0.4, -0.2) is 52.9 Å². The molecule has 2 rings (SSSR count). The lowest BCUT2D eigenvalue weighted by molar-refractivity contribution is -0.128. The summed E-state index contributed by atoms with van der Waals surface area (Å²) in [7, 11) is 1.55. The average Bonchev–Trinajstić information content (AvgIpc) is 2.89. The van der Waals surface area contributed by atoms with Crippen LogP contribution in [0.2, 0.25) is 0 Å². The van der Waals surface area contributed by atoms with E-state index >= 15 is 0 Å². The first-order valence-electron chi connectivity index (χ1n) is 6.59. The molecule has 1 saturated heterocycles. The lowest BCUT2D eigenvalue weighted by atomic mass is 9.89. The van der Waals surface area contributed by atoms with Gasteiger partial charge in [-0.05, 0) is 25.5 Å². The first-order chi connectivity index (χ1) is 9.89. The number of carboxylic acid groups (broad SMARTS) is 1. The summed E-state index contributed by atoms with van der Waals surface area (Å²) in [6, 6.07) is 2.81. The topological polar surface area (TPSA) is 99.6 Å². The number of hydrogen-bond donors (Lipinski definition) is 2. The van der Waals surface area contributed by atoms with Crippen molar-refractivity contribution in [1.82, 2.24) is 15.2 Å². The number of amides is 2. The molecule has 2 heterocycles. The van der Waals surface area contributed by atoms with Crippen molar-refractivity contribution in [3.8, 4) is 0 Å². The average molecular weight is 291 g/mol. The van der Waals surface area contributed by atoms with Gasteiger partial charge < -0.3 is 15.3 Å². The third-order valence-corrected chi connectivity index (χ3v) is 3.78. The molecule has 112 valence electrons. The van der Waals surface area contributed by atoms with Crippen LogP contribution in [0.25, 0.3) is 0 Å². The second kappa shape index (κ2) is 5.51. The zero-order valence-electron chi connectivity index (χ0n) is 11.9. The molecule has 1 aromatic heterocycles. The fourth-order valence-corrected chi connectivity index (χ4v) is 2.52. The number of hydrogen-bond acceptors (Lipinski definition) is 4. The number of carbonyl (C=O) groups is 3. The monoisotopic (exact) mass is 291 g/mol. The summed E-state index contributed by atoms with van der Waals surface area (Å²) in [4.78, 5) is 40.8. The van der Waals surface area contributed by atoms with E-state index in [0.717, 1.165) is 0 Å². The number of carbonyl (C=O) groups excluding carboxylic acids is 2. The highest BCUT2D eigenvalue weighted by molar-refractivity contribution is 6.03. The number of aromatic carboxylic acids is 1. The Bertz CT molecular complexity index is 602. The summed E-state index contributed by atoms with van der Waals surface area (Å²) in [5, 5.41) is 11.7. The highest BCUT2D eigenvalue weighted by Gasteiger charge is 2.42. The van der Waals surface area contributed by atoms with Gasteiger partial charge in [0.15, 0.2) is 0 Å². The summed E-state index contributed by atoms with van der Waals surface area (Å²) in [5.41, 5.74) is -0.870. The van der Waals surface area contributed by atoms with Gasteiger partial charge in [0.1, 0.15) is 5.69 Å². The maximum absolute atomic E-state index is 12.4. The number of carboxylic acids is 1. The van der Waals surface area contributed by atoms with E-state index in [1.807, 2.05) is 0 Å². The summed E-state index contributed by atoms with van der Waals surface area (Å²) in [5.74, 6) is -1.78. The standard InChI is InChI=1S/C14H17N3O4/c1-14(13(21)15-2)5-7-17(8-14)11(18)10-9(12(19)20)4-3-6-16-10/h3-4,6H,5,7-8H2,1-2H3,(H,15,21)(H,19,20). The van der Waals surface area contributed by atoms with Crippen molar-refractivity contribution in [2.75, 3.05) is 20.1 Å². The van der Waals surface area contributed by atoms with Crippen molar-refractivity contribution < 1.29 is 19.5 Å². The van der Waals surface area contributed by atoms with Crippen LogP contribution in [0.1, 0.15) is 34.2 Å². The van der Waals surface area contributed by atoms with Crippen molar-refractivity contribution in [1.29, 1.82) is 0 Å². The zero-order chi connectivity index (χ0) is 15.6. The van der Waals surface area contributed by atoms with Gasteiger partial charge >= 0.3 is 5.97 Å². The molecule has 0 radical (unpaired) electrons. The zero-order valence-corrected chi connectivity index (χ0v) is 11.9. The van der Waals surface area contributed by atoms with E-state index < -0.39 is 17.3 Å². The van der Waals surface area contributed by atoms with Gasteiger partial charge in [-0.3, -0.25) is 14.6 Å².